The van der Waals surface area contributed by atoms with Gasteiger partial charge >= 0.3 is 6.18 Å². The van der Waals surface area contributed by atoms with E-state index in [9.17, 15) is 38.3 Å². The first-order valence-corrected chi connectivity index (χ1v) is 14.6. The van der Waals surface area contributed by atoms with E-state index in [1.54, 1.807) is 7.05 Å². The maximum atomic E-state index is 13.4. The second-order valence-corrected chi connectivity index (χ2v) is 12.7. The molecule has 7 rings (SSSR count). The molecule has 2 aromatic carbocycles. The van der Waals surface area contributed by atoms with Gasteiger partial charge in [-0.05, 0) is 74.8 Å². The van der Waals surface area contributed by atoms with E-state index >= 15 is 0 Å². The van der Waals surface area contributed by atoms with Crippen LogP contribution in [0.3, 0.4) is 0 Å². The number of halogens is 3. The Morgan fingerprint density at radius 1 is 1.26 bits per heavy atom. The number of likely N-dealkylation sites (N-methyl/N-ethyl adjacent to an activating group) is 1. The monoisotopic (exact) mass is 599 g/mol. The highest BCUT2D eigenvalue weighted by Crippen LogP contribution is 2.67. The normalized spacial score (nSPS) is 31.0. The first-order valence-electron chi connectivity index (χ1n) is 14.6. The highest BCUT2D eigenvalue weighted by molar-refractivity contribution is 5.92. The van der Waals surface area contributed by atoms with Gasteiger partial charge in [0.25, 0.3) is 5.69 Å². The summed E-state index contributed by atoms with van der Waals surface area (Å²) in [5.74, 6) is -0.153. The van der Waals surface area contributed by atoms with E-state index in [2.05, 4.69) is 4.90 Å². The number of carbonyl (C=O) groups excluding carboxylic acids is 1. The predicted molar refractivity (Wildman–Crippen MR) is 148 cm³/mol. The number of amides is 1. The van der Waals surface area contributed by atoms with Gasteiger partial charge in [0.1, 0.15) is 6.10 Å². The summed E-state index contributed by atoms with van der Waals surface area (Å²) >= 11 is 0. The summed E-state index contributed by atoms with van der Waals surface area (Å²) in [5.41, 5.74) is -2.21. The Kier molecular flexibility index (Phi) is 6.17. The summed E-state index contributed by atoms with van der Waals surface area (Å²) in [4.78, 5) is 28.8. The number of nitro groups is 1. The number of piperidine rings is 1. The number of nitrogens with zero attached hydrogens (tertiary/aromatic N) is 3. The summed E-state index contributed by atoms with van der Waals surface area (Å²) in [5, 5.41) is 35.7. The zero-order valence-corrected chi connectivity index (χ0v) is 23.5. The number of hydrogen-bond donors (Lipinski definition) is 2. The standard InChI is InChI=1S/C31H32F3N3O6/c1-35(25(39)8-7-17-3-2-4-19(13-17)31(32,33)34)21-9-10-30(40)24-14-20-22(37(41)42)15-23(38)27-26(20)29(30,28(21)43-27)11-12-36(24)16-18-5-6-18/h2-4,7-8,13,15,18,21,24,28,38,40H,5-6,9-12,14,16H2,1H3/b8-7+/t21?,24-,28?,29+,30-/m1/s1. The van der Waals surface area contributed by atoms with Crippen LogP contribution >= 0.6 is 0 Å². The average molecular weight is 600 g/mol. The van der Waals surface area contributed by atoms with E-state index in [0.717, 1.165) is 37.6 Å². The van der Waals surface area contributed by atoms with Crippen LogP contribution in [0.2, 0.25) is 0 Å². The van der Waals surface area contributed by atoms with Crippen molar-refractivity contribution in [3.8, 4) is 11.5 Å². The lowest BCUT2D eigenvalue weighted by Gasteiger charge is -2.64. The minimum atomic E-state index is -4.51. The van der Waals surface area contributed by atoms with E-state index in [1.807, 2.05) is 0 Å². The van der Waals surface area contributed by atoms with Crippen LogP contribution in [-0.4, -0.2) is 74.8 Å². The number of aromatic hydroxyl groups is 1. The minimum Gasteiger partial charge on any atom is -0.504 e. The number of carbonyl (C=O) groups is 1. The van der Waals surface area contributed by atoms with Crippen LogP contribution in [0, 0.1) is 16.0 Å². The Morgan fingerprint density at radius 3 is 2.72 bits per heavy atom. The van der Waals surface area contributed by atoms with Crippen molar-refractivity contribution in [2.75, 3.05) is 20.1 Å². The molecule has 2 aliphatic heterocycles. The number of rotatable bonds is 6. The number of phenols is 1. The van der Waals surface area contributed by atoms with Crippen LogP contribution in [0.15, 0.2) is 36.4 Å². The molecule has 1 amide bonds. The second kappa shape index (κ2) is 9.43. The molecule has 1 saturated heterocycles. The zero-order valence-electron chi connectivity index (χ0n) is 23.5. The van der Waals surface area contributed by atoms with E-state index in [1.165, 1.54) is 29.2 Å². The molecular formula is C31H32F3N3O6. The lowest BCUT2D eigenvalue weighted by Crippen LogP contribution is -2.78. The zero-order chi connectivity index (χ0) is 30.5. The molecule has 1 spiro atoms. The molecule has 5 aliphatic rings. The largest absolute Gasteiger partial charge is 0.504 e. The van der Waals surface area contributed by atoms with Gasteiger partial charge in [0.05, 0.1) is 33.6 Å². The van der Waals surface area contributed by atoms with Gasteiger partial charge in [0.15, 0.2) is 11.5 Å². The van der Waals surface area contributed by atoms with Gasteiger partial charge in [0, 0.05) is 36.8 Å². The molecule has 9 nitrogen and oxygen atoms in total. The Bertz CT molecular complexity index is 1560. The second-order valence-electron chi connectivity index (χ2n) is 12.7. The summed E-state index contributed by atoms with van der Waals surface area (Å²) in [6, 6.07) is 4.86. The lowest BCUT2D eigenvalue weighted by atomic mass is 9.48. The fourth-order valence-electron chi connectivity index (χ4n) is 8.35. The summed E-state index contributed by atoms with van der Waals surface area (Å²) < 4.78 is 45.9. The Labute approximate surface area is 245 Å². The molecular weight excluding hydrogens is 567 g/mol. The van der Waals surface area contributed by atoms with Gasteiger partial charge in [-0.1, -0.05) is 12.1 Å². The number of benzene rings is 2. The van der Waals surface area contributed by atoms with Gasteiger partial charge in [-0.25, -0.2) is 0 Å². The third-order valence-electron chi connectivity index (χ3n) is 10.5. The fraction of sp³-hybridized carbons (Fsp3) is 0.516. The topological polar surface area (TPSA) is 116 Å². The van der Waals surface area contributed by atoms with Crippen molar-refractivity contribution >= 4 is 17.7 Å². The Balaban J connectivity index is 1.26. The average Bonchev–Trinajstić information content (AvgIpc) is 3.70. The van der Waals surface area contributed by atoms with E-state index < -0.39 is 45.7 Å². The fourth-order valence-corrected chi connectivity index (χ4v) is 8.35. The maximum Gasteiger partial charge on any atom is 0.416 e. The molecule has 228 valence electrons. The maximum absolute atomic E-state index is 13.4. The third kappa shape index (κ3) is 4.09. The van der Waals surface area contributed by atoms with Gasteiger partial charge < -0.3 is 19.8 Å². The van der Waals surface area contributed by atoms with Crippen LogP contribution in [0.25, 0.3) is 6.08 Å². The number of hydrogen-bond acceptors (Lipinski definition) is 7. The number of phenolic OH excluding ortho intramolecular Hbond substituents is 1. The van der Waals surface area contributed by atoms with Crippen LogP contribution < -0.4 is 4.74 Å². The molecule has 3 fully saturated rings. The molecule has 43 heavy (non-hydrogen) atoms. The smallest absolute Gasteiger partial charge is 0.416 e. The molecule has 12 heteroatoms. The third-order valence-corrected chi connectivity index (χ3v) is 10.5. The first-order chi connectivity index (χ1) is 20.3. The van der Waals surface area contributed by atoms with Crippen LogP contribution in [0.1, 0.15) is 54.4 Å². The van der Waals surface area contributed by atoms with E-state index in [0.29, 0.717) is 42.9 Å². The van der Waals surface area contributed by atoms with Gasteiger partial charge in [0.2, 0.25) is 5.91 Å². The number of nitro benzene ring substituents is 1. The van der Waals surface area contributed by atoms with Crippen LogP contribution in [-0.2, 0) is 22.8 Å². The lowest BCUT2D eigenvalue weighted by molar-refractivity contribution is -0.386. The molecule has 0 aromatic heterocycles. The highest BCUT2D eigenvalue weighted by atomic mass is 19.4. The number of alkyl halides is 3. The predicted octanol–water partition coefficient (Wildman–Crippen LogP) is 4.42. The Hall–Kier alpha value is -3.64. The van der Waals surface area contributed by atoms with Crippen molar-refractivity contribution in [1.29, 1.82) is 0 Å². The molecule has 0 radical (unpaired) electrons. The van der Waals surface area contributed by atoms with Crippen molar-refractivity contribution in [3.05, 3.63) is 68.8 Å². The number of ether oxygens (including phenoxy) is 1. The first kappa shape index (κ1) is 28.1. The molecule has 3 aliphatic carbocycles. The highest BCUT2D eigenvalue weighted by Gasteiger charge is 2.74. The van der Waals surface area contributed by atoms with E-state index in [4.69, 9.17) is 4.74 Å². The molecule has 2 unspecified atom stereocenters. The SMILES string of the molecule is CN(C(=O)/C=C/c1cccc(C(F)(F)F)c1)C1CC[C@@]2(O)[C@H]3Cc4c([N+](=O)[O-])cc(O)c5c4[C@@]2(CCN3CC2CC2)C1O5. The minimum absolute atomic E-state index is 0.130. The summed E-state index contributed by atoms with van der Waals surface area (Å²) in [7, 11) is 1.59. The quantitative estimate of drug-likeness (QED) is 0.287. The molecule has 5 atom stereocenters. The number of likely N-dealkylation sites (tertiary alicyclic amines) is 1. The molecule has 2 heterocycles. The van der Waals surface area contributed by atoms with Crippen molar-refractivity contribution in [2.24, 2.45) is 5.92 Å². The van der Waals surface area contributed by atoms with Gasteiger partial charge in [-0.3, -0.25) is 19.8 Å². The van der Waals surface area contributed by atoms with Crippen LogP contribution in [0.4, 0.5) is 18.9 Å². The van der Waals surface area contributed by atoms with Gasteiger partial charge in [-0.15, -0.1) is 0 Å². The van der Waals surface area contributed by atoms with E-state index in [-0.39, 0.29) is 35.2 Å². The molecule has 2 N–H and O–H groups in total. The van der Waals surface area contributed by atoms with Crippen molar-refractivity contribution in [3.63, 3.8) is 0 Å². The molecule has 2 bridgehead atoms. The summed E-state index contributed by atoms with van der Waals surface area (Å²) in [6.45, 7) is 1.45. The summed E-state index contributed by atoms with van der Waals surface area (Å²) in [6.07, 6.45) is 0.894. The van der Waals surface area contributed by atoms with Crippen molar-refractivity contribution in [1.82, 2.24) is 9.80 Å². The van der Waals surface area contributed by atoms with Crippen molar-refractivity contribution in [2.45, 2.75) is 73.9 Å². The molecule has 2 saturated carbocycles. The van der Waals surface area contributed by atoms with Gasteiger partial charge in [-0.2, -0.15) is 13.2 Å². The molecule has 2 aromatic rings. The van der Waals surface area contributed by atoms with Crippen molar-refractivity contribution < 1.29 is 37.8 Å². The number of aliphatic hydroxyl groups is 1. The Morgan fingerprint density at radius 2 is 2.02 bits per heavy atom. The van der Waals surface area contributed by atoms with Crippen LogP contribution in [0.5, 0.6) is 11.5 Å².